The maximum absolute atomic E-state index is 9.32. The Morgan fingerprint density at radius 1 is 1.28 bits per heavy atom. The average molecular weight is 248 g/mol. The van der Waals surface area contributed by atoms with E-state index < -0.39 is 0 Å². The van der Waals surface area contributed by atoms with Gasteiger partial charge in [0.15, 0.2) is 11.5 Å². The van der Waals surface area contributed by atoms with E-state index in [1.165, 1.54) is 0 Å². The second-order valence-corrected chi connectivity index (χ2v) is 4.79. The summed E-state index contributed by atoms with van der Waals surface area (Å²) in [5.74, 6) is 1.94. The van der Waals surface area contributed by atoms with Crippen LogP contribution < -0.4 is 9.47 Å². The van der Waals surface area contributed by atoms with Crippen LogP contribution in [0.4, 0.5) is 0 Å². The van der Waals surface area contributed by atoms with Crippen molar-refractivity contribution in [1.29, 1.82) is 0 Å². The molecular formula is C15H20O3. The lowest BCUT2D eigenvalue weighted by atomic mass is 10.0. The highest BCUT2D eigenvalue weighted by atomic mass is 16.5. The molecule has 0 bridgehead atoms. The zero-order valence-corrected chi connectivity index (χ0v) is 11.0. The van der Waals surface area contributed by atoms with Gasteiger partial charge in [-0.05, 0) is 29.2 Å². The van der Waals surface area contributed by atoms with Crippen LogP contribution in [0.5, 0.6) is 11.5 Å². The monoisotopic (exact) mass is 248 g/mol. The molecule has 3 heteroatoms. The van der Waals surface area contributed by atoms with Gasteiger partial charge in [0.05, 0.1) is 19.8 Å². The number of hydrogen-bond acceptors (Lipinski definition) is 3. The number of benzene rings is 1. The Balaban J connectivity index is 2.27. The second-order valence-electron chi connectivity index (χ2n) is 4.79. The van der Waals surface area contributed by atoms with E-state index in [9.17, 15) is 5.11 Å². The summed E-state index contributed by atoms with van der Waals surface area (Å²) in [6, 6.07) is 5.89. The van der Waals surface area contributed by atoms with Crippen molar-refractivity contribution in [2.75, 3.05) is 19.8 Å². The van der Waals surface area contributed by atoms with E-state index in [0.29, 0.717) is 19.1 Å². The summed E-state index contributed by atoms with van der Waals surface area (Å²) < 4.78 is 11.2. The fourth-order valence-corrected chi connectivity index (χ4v) is 1.88. The molecule has 1 aromatic carbocycles. The van der Waals surface area contributed by atoms with Crippen LogP contribution >= 0.6 is 0 Å². The molecule has 2 rings (SSSR count). The number of rotatable bonds is 3. The van der Waals surface area contributed by atoms with Crippen molar-refractivity contribution in [2.45, 2.75) is 20.3 Å². The normalized spacial score (nSPS) is 15.7. The summed E-state index contributed by atoms with van der Waals surface area (Å²) >= 11 is 0. The minimum absolute atomic E-state index is 0.0894. The maximum Gasteiger partial charge on any atom is 0.161 e. The van der Waals surface area contributed by atoms with E-state index in [-0.39, 0.29) is 6.61 Å². The number of ether oxygens (including phenoxy) is 2. The number of aliphatic hydroxyl groups is 1. The minimum atomic E-state index is 0.0894. The SMILES string of the molecule is CC(C)C(=Cc1ccc2c(c1)OCCCO2)CO. The van der Waals surface area contributed by atoms with Gasteiger partial charge in [-0.2, -0.15) is 0 Å². The molecular weight excluding hydrogens is 228 g/mol. The van der Waals surface area contributed by atoms with Crippen LogP contribution in [-0.2, 0) is 0 Å². The standard InChI is InChI=1S/C15H20O3/c1-11(2)13(10-16)8-12-4-5-14-15(9-12)18-7-3-6-17-14/h4-5,8-9,11,16H,3,6-7,10H2,1-2H3. The molecule has 0 unspecified atom stereocenters. The van der Waals surface area contributed by atoms with E-state index in [0.717, 1.165) is 29.1 Å². The zero-order chi connectivity index (χ0) is 13.0. The first kappa shape index (κ1) is 13.0. The Kier molecular flexibility index (Phi) is 4.26. The van der Waals surface area contributed by atoms with Crippen molar-refractivity contribution in [3.63, 3.8) is 0 Å². The van der Waals surface area contributed by atoms with Crippen molar-refractivity contribution in [3.05, 3.63) is 29.3 Å². The Morgan fingerprint density at radius 2 is 2.00 bits per heavy atom. The highest BCUT2D eigenvalue weighted by Crippen LogP contribution is 2.31. The van der Waals surface area contributed by atoms with Crippen LogP contribution in [0.3, 0.4) is 0 Å². The van der Waals surface area contributed by atoms with Crippen LogP contribution in [0.2, 0.25) is 0 Å². The fourth-order valence-electron chi connectivity index (χ4n) is 1.88. The summed E-state index contributed by atoms with van der Waals surface area (Å²) in [4.78, 5) is 0. The van der Waals surface area contributed by atoms with Gasteiger partial charge < -0.3 is 14.6 Å². The smallest absolute Gasteiger partial charge is 0.161 e. The summed E-state index contributed by atoms with van der Waals surface area (Å²) in [5.41, 5.74) is 2.06. The highest BCUT2D eigenvalue weighted by Gasteiger charge is 2.10. The van der Waals surface area contributed by atoms with Crippen LogP contribution in [0.15, 0.2) is 23.8 Å². The average Bonchev–Trinajstić information content (AvgIpc) is 2.60. The van der Waals surface area contributed by atoms with Crippen LogP contribution in [0.25, 0.3) is 6.08 Å². The lowest BCUT2D eigenvalue weighted by Crippen LogP contribution is -1.99. The summed E-state index contributed by atoms with van der Waals surface area (Å²) in [5, 5.41) is 9.32. The molecule has 0 aromatic heterocycles. The zero-order valence-electron chi connectivity index (χ0n) is 11.0. The Bertz CT molecular complexity index is 435. The van der Waals surface area contributed by atoms with Crippen LogP contribution in [-0.4, -0.2) is 24.9 Å². The van der Waals surface area contributed by atoms with Crippen LogP contribution in [0, 0.1) is 5.92 Å². The van der Waals surface area contributed by atoms with Gasteiger partial charge in [0, 0.05) is 6.42 Å². The molecule has 1 aliphatic heterocycles. The molecule has 18 heavy (non-hydrogen) atoms. The first-order chi connectivity index (χ1) is 8.70. The molecule has 1 aliphatic rings. The first-order valence-corrected chi connectivity index (χ1v) is 6.41. The number of fused-ring (bicyclic) bond motifs is 1. The molecule has 0 saturated heterocycles. The topological polar surface area (TPSA) is 38.7 Å². The van der Waals surface area contributed by atoms with Gasteiger partial charge in [-0.1, -0.05) is 26.0 Å². The number of hydrogen-bond donors (Lipinski definition) is 1. The summed E-state index contributed by atoms with van der Waals surface area (Å²) in [6.07, 6.45) is 2.92. The predicted molar refractivity (Wildman–Crippen MR) is 71.9 cm³/mol. The lowest BCUT2D eigenvalue weighted by molar-refractivity contribution is 0.297. The molecule has 1 N–H and O–H groups in total. The van der Waals surface area contributed by atoms with Crippen molar-refractivity contribution in [2.24, 2.45) is 5.92 Å². The first-order valence-electron chi connectivity index (χ1n) is 6.41. The number of aliphatic hydroxyl groups excluding tert-OH is 1. The lowest BCUT2D eigenvalue weighted by Gasteiger charge is -2.10. The highest BCUT2D eigenvalue weighted by molar-refractivity contribution is 5.58. The third-order valence-electron chi connectivity index (χ3n) is 3.05. The minimum Gasteiger partial charge on any atom is -0.490 e. The molecule has 98 valence electrons. The van der Waals surface area contributed by atoms with Crippen molar-refractivity contribution < 1.29 is 14.6 Å². The van der Waals surface area contributed by atoms with Gasteiger partial charge >= 0.3 is 0 Å². The molecule has 0 fully saturated rings. The van der Waals surface area contributed by atoms with E-state index in [4.69, 9.17) is 9.47 Å². The Morgan fingerprint density at radius 3 is 2.67 bits per heavy atom. The van der Waals surface area contributed by atoms with E-state index in [1.807, 2.05) is 24.3 Å². The fraction of sp³-hybridized carbons (Fsp3) is 0.467. The van der Waals surface area contributed by atoms with Gasteiger partial charge in [-0.15, -0.1) is 0 Å². The maximum atomic E-state index is 9.32. The van der Waals surface area contributed by atoms with E-state index >= 15 is 0 Å². The molecule has 1 heterocycles. The summed E-state index contributed by atoms with van der Waals surface area (Å²) in [6.45, 7) is 5.63. The molecule has 0 radical (unpaired) electrons. The van der Waals surface area contributed by atoms with Gasteiger partial charge in [-0.3, -0.25) is 0 Å². The van der Waals surface area contributed by atoms with E-state index in [2.05, 4.69) is 13.8 Å². The third-order valence-corrected chi connectivity index (χ3v) is 3.05. The Labute approximate surface area is 108 Å². The molecule has 0 spiro atoms. The largest absolute Gasteiger partial charge is 0.490 e. The molecule has 0 aliphatic carbocycles. The molecule has 0 saturated carbocycles. The van der Waals surface area contributed by atoms with Gasteiger partial charge in [0.25, 0.3) is 0 Å². The van der Waals surface area contributed by atoms with Gasteiger partial charge in [-0.25, -0.2) is 0 Å². The molecule has 0 atom stereocenters. The van der Waals surface area contributed by atoms with Crippen molar-refractivity contribution in [3.8, 4) is 11.5 Å². The third kappa shape index (κ3) is 3.05. The predicted octanol–water partition coefficient (Wildman–Crippen LogP) is 2.88. The van der Waals surface area contributed by atoms with Gasteiger partial charge in [0.1, 0.15) is 0 Å². The summed E-state index contributed by atoms with van der Waals surface area (Å²) in [7, 11) is 0. The van der Waals surface area contributed by atoms with Gasteiger partial charge in [0.2, 0.25) is 0 Å². The Hall–Kier alpha value is -1.48. The molecule has 0 amide bonds. The van der Waals surface area contributed by atoms with E-state index in [1.54, 1.807) is 0 Å². The second kappa shape index (κ2) is 5.91. The molecule has 1 aromatic rings. The van der Waals surface area contributed by atoms with Crippen molar-refractivity contribution >= 4 is 6.08 Å². The van der Waals surface area contributed by atoms with Crippen LogP contribution in [0.1, 0.15) is 25.8 Å². The van der Waals surface area contributed by atoms with Crippen molar-refractivity contribution in [1.82, 2.24) is 0 Å². The molecule has 3 nitrogen and oxygen atoms in total. The quantitative estimate of drug-likeness (QED) is 0.894.